The molecule has 6 heteroatoms. The highest BCUT2D eigenvalue weighted by molar-refractivity contribution is 6.33. The zero-order valence-corrected chi connectivity index (χ0v) is 17.0. The van der Waals surface area contributed by atoms with Gasteiger partial charge in [0.25, 0.3) is 5.91 Å². The van der Waals surface area contributed by atoms with Crippen LogP contribution in [-0.2, 0) is 11.3 Å². The van der Waals surface area contributed by atoms with Gasteiger partial charge in [-0.1, -0.05) is 30.7 Å². The Hall–Kier alpha value is -2.37. The molecule has 0 radical (unpaired) electrons. The first kappa shape index (κ1) is 20.4. The van der Waals surface area contributed by atoms with Crippen LogP contribution in [0.1, 0.15) is 46.0 Å². The molecule has 0 unspecified atom stereocenters. The highest BCUT2D eigenvalue weighted by Crippen LogP contribution is 2.22. The molecule has 0 aromatic heterocycles. The molecule has 28 heavy (non-hydrogen) atoms. The smallest absolute Gasteiger partial charge is 0.339 e. The fraction of sp³-hybridized carbons (Fsp3) is 0.364. The largest absolute Gasteiger partial charge is 0.465 e. The number of ether oxygens (including phenoxy) is 1. The third-order valence-corrected chi connectivity index (χ3v) is 5.32. The maximum absolute atomic E-state index is 12.5. The standard InChI is InChI=1S/C22H25ClN2O3/c1-15-4-3-11-25(13-15)14-16-5-7-17(8-6-16)21(26)24-18-9-10-20(23)19(12-18)22(27)28-2/h5-10,12,15H,3-4,11,13-14H2,1-2H3,(H,24,26)/t15-/m0/s1. The van der Waals surface area contributed by atoms with Crippen LogP contribution in [0.25, 0.3) is 0 Å². The summed E-state index contributed by atoms with van der Waals surface area (Å²) in [6.45, 7) is 5.46. The SMILES string of the molecule is COC(=O)c1cc(NC(=O)c2ccc(CN3CCC[C@H](C)C3)cc2)ccc1Cl. The van der Waals surface area contributed by atoms with E-state index >= 15 is 0 Å². The van der Waals surface area contributed by atoms with Gasteiger partial charge in [0, 0.05) is 24.3 Å². The average molecular weight is 401 g/mol. The Labute approximate surface area is 170 Å². The van der Waals surface area contributed by atoms with E-state index in [1.807, 2.05) is 24.3 Å². The summed E-state index contributed by atoms with van der Waals surface area (Å²) < 4.78 is 4.70. The number of benzene rings is 2. The van der Waals surface area contributed by atoms with E-state index in [-0.39, 0.29) is 16.5 Å². The van der Waals surface area contributed by atoms with Gasteiger partial charge in [-0.2, -0.15) is 0 Å². The minimum absolute atomic E-state index is 0.216. The van der Waals surface area contributed by atoms with Crippen LogP contribution in [0.15, 0.2) is 42.5 Å². The number of halogens is 1. The molecule has 0 aliphatic carbocycles. The van der Waals surface area contributed by atoms with Crippen molar-refractivity contribution in [1.29, 1.82) is 0 Å². The molecular weight excluding hydrogens is 376 g/mol. The number of amides is 1. The normalized spacial score (nSPS) is 17.2. The van der Waals surface area contributed by atoms with Gasteiger partial charge in [-0.05, 0) is 61.2 Å². The number of nitrogens with one attached hydrogen (secondary N) is 1. The highest BCUT2D eigenvalue weighted by atomic mass is 35.5. The molecule has 2 aromatic carbocycles. The van der Waals surface area contributed by atoms with Crippen molar-refractivity contribution in [3.63, 3.8) is 0 Å². The lowest BCUT2D eigenvalue weighted by molar-refractivity contribution is 0.0600. The van der Waals surface area contributed by atoms with E-state index in [9.17, 15) is 9.59 Å². The van der Waals surface area contributed by atoms with Gasteiger partial charge in [0.2, 0.25) is 0 Å². The second-order valence-electron chi connectivity index (χ2n) is 7.32. The summed E-state index contributed by atoms with van der Waals surface area (Å²) in [5, 5.41) is 3.07. The zero-order valence-electron chi connectivity index (χ0n) is 16.2. The minimum Gasteiger partial charge on any atom is -0.465 e. The molecule has 3 rings (SSSR count). The molecule has 1 N–H and O–H groups in total. The third kappa shape index (κ3) is 5.12. The Balaban J connectivity index is 1.64. The number of likely N-dealkylation sites (tertiary alicyclic amines) is 1. The Morgan fingerprint density at radius 2 is 1.96 bits per heavy atom. The van der Waals surface area contributed by atoms with Gasteiger partial charge in [0.1, 0.15) is 0 Å². The van der Waals surface area contributed by atoms with E-state index in [4.69, 9.17) is 16.3 Å². The van der Waals surface area contributed by atoms with E-state index in [1.165, 1.54) is 31.6 Å². The molecular formula is C22H25ClN2O3. The average Bonchev–Trinajstić information content (AvgIpc) is 2.69. The van der Waals surface area contributed by atoms with Crippen LogP contribution in [0.5, 0.6) is 0 Å². The van der Waals surface area contributed by atoms with Crippen LogP contribution in [0.2, 0.25) is 5.02 Å². The molecule has 0 saturated carbocycles. The summed E-state index contributed by atoms with van der Waals surface area (Å²) >= 11 is 6.01. The Kier molecular flexibility index (Phi) is 6.70. The quantitative estimate of drug-likeness (QED) is 0.744. The second-order valence-corrected chi connectivity index (χ2v) is 7.73. The third-order valence-electron chi connectivity index (χ3n) is 4.99. The number of methoxy groups -OCH3 is 1. The molecule has 1 heterocycles. The summed E-state index contributed by atoms with van der Waals surface area (Å²) in [5.41, 5.74) is 2.46. The second kappa shape index (κ2) is 9.22. The Bertz CT molecular complexity index is 851. The highest BCUT2D eigenvalue weighted by Gasteiger charge is 2.17. The van der Waals surface area contributed by atoms with E-state index < -0.39 is 5.97 Å². The van der Waals surface area contributed by atoms with Crippen molar-refractivity contribution in [2.24, 2.45) is 5.92 Å². The minimum atomic E-state index is -0.544. The molecule has 148 valence electrons. The molecule has 1 atom stereocenters. The number of hydrogen-bond donors (Lipinski definition) is 1. The number of piperidine rings is 1. The monoisotopic (exact) mass is 400 g/mol. The van der Waals surface area contributed by atoms with Crippen LogP contribution < -0.4 is 5.32 Å². The summed E-state index contributed by atoms with van der Waals surface area (Å²) in [4.78, 5) is 26.7. The number of esters is 1. The first-order chi connectivity index (χ1) is 13.5. The fourth-order valence-corrected chi connectivity index (χ4v) is 3.72. The van der Waals surface area contributed by atoms with Gasteiger partial charge in [-0.25, -0.2) is 4.79 Å². The van der Waals surface area contributed by atoms with Gasteiger partial charge in [-0.15, -0.1) is 0 Å². The first-order valence-corrected chi connectivity index (χ1v) is 9.84. The van der Waals surface area contributed by atoms with Gasteiger partial charge in [-0.3, -0.25) is 9.69 Å². The van der Waals surface area contributed by atoms with Crippen LogP contribution in [0.3, 0.4) is 0 Å². The van der Waals surface area contributed by atoms with Crippen molar-refractivity contribution >= 4 is 29.2 Å². The lowest BCUT2D eigenvalue weighted by atomic mass is 9.99. The molecule has 1 amide bonds. The summed E-state index contributed by atoms with van der Waals surface area (Å²) in [6, 6.07) is 12.4. The molecule has 2 aromatic rings. The number of carbonyl (C=O) groups is 2. The van der Waals surface area contributed by atoms with Crippen molar-refractivity contribution in [3.05, 3.63) is 64.2 Å². The molecule has 1 aliphatic heterocycles. The Morgan fingerprint density at radius 1 is 1.21 bits per heavy atom. The molecule has 1 fully saturated rings. The molecule has 0 bridgehead atoms. The van der Waals surface area contributed by atoms with Crippen molar-refractivity contribution in [1.82, 2.24) is 4.90 Å². The van der Waals surface area contributed by atoms with E-state index in [0.717, 1.165) is 25.6 Å². The zero-order chi connectivity index (χ0) is 20.1. The van der Waals surface area contributed by atoms with Gasteiger partial charge in [0.15, 0.2) is 0 Å². The maximum Gasteiger partial charge on any atom is 0.339 e. The lowest BCUT2D eigenvalue weighted by Gasteiger charge is -2.30. The van der Waals surface area contributed by atoms with Crippen molar-refractivity contribution < 1.29 is 14.3 Å². The van der Waals surface area contributed by atoms with E-state index in [2.05, 4.69) is 17.1 Å². The van der Waals surface area contributed by atoms with Crippen LogP contribution in [-0.4, -0.2) is 37.0 Å². The van der Waals surface area contributed by atoms with Crippen LogP contribution in [0, 0.1) is 5.92 Å². The molecule has 5 nitrogen and oxygen atoms in total. The van der Waals surface area contributed by atoms with Crippen molar-refractivity contribution in [3.8, 4) is 0 Å². The molecule has 1 saturated heterocycles. The summed E-state index contributed by atoms with van der Waals surface area (Å²) in [6.07, 6.45) is 2.55. The summed E-state index contributed by atoms with van der Waals surface area (Å²) in [5.74, 6) is -0.0400. The number of nitrogens with zero attached hydrogens (tertiary/aromatic N) is 1. The maximum atomic E-state index is 12.5. The topological polar surface area (TPSA) is 58.6 Å². The van der Waals surface area contributed by atoms with Gasteiger partial charge >= 0.3 is 5.97 Å². The number of carbonyl (C=O) groups excluding carboxylic acids is 2. The predicted octanol–water partition coefficient (Wildman–Crippen LogP) is 4.61. The van der Waals surface area contributed by atoms with E-state index in [0.29, 0.717) is 11.3 Å². The fourth-order valence-electron chi connectivity index (χ4n) is 3.52. The predicted molar refractivity (Wildman–Crippen MR) is 111 cm³/mol. The lowest BCUT2D eigenvalue weighted by Crippen LogP contribution is -2.33. The van der Waals surface area contributed by atoms with Crippen LogP contribution >= 0.6 is 11.6 Å². The van der Waals surface area contributed by atoms with Crippen molar-refractivity contribution in [2.45, 2.75) is 26.3 Å². The van der Waals surface area contributed by atoms with E-state index in [1.54, 1.807) is 12.1 Å². The van der Waals surface area contributed by atoms with Gasteiger partial charge < -0.3 is 10.1 Å². The van der Waals surface area contributed by atoms with Crippen molar-refractivity contribution in [2.75, 3.05) is 25.5 Å². The Morgan fingerprint density at radius 3 is 2.64 bits per heavy atom. The van der Waals surface area contributed by atoms with Gasteiger partial charge in [0.05, 0.1) is 17.7 Å². The summed E-state index contributed by atoms with van der Waals surface area (Å²) in [7, 11) is 1.29. The number of rotatable bonds is 5. The number of hydrogen-bond acceptors (Lipinski definition) is 4. The van der Waals surface area contributed by atoms with Crippen LogP contribution in [0.4, 0.5) is 5.69 Å². The molecule has 1 aliphatic rings. The number of anilines is 1. The molecule has 0 spiro atoms. The first-order valence-electron chi connectivity index (χ1n) is 9.47.